The predicted molar refractivity (Wildman–Crippen MR) is 49.9 cm³/mol. The number of rotatable bonds is 2. The van der Waals surface area contributed by atoms with E-state index in [1.165, 1.54) is 0 Å². The summed E-state index contributed by atoms with van der Waals surface area (Å²) in [6.07, 6.45) is 3.11. The molecule has 3 nitrogen and oxygen atoms in total. The van der Waals surface area contributed by atoms with Crippen LogP contribution in [0.15, 0.2) is 0 Å². The van der Waals surface area contributed by atoms with E-state index >= 15 is 0 Å². The van der Waals surface area contributed by atoms with E-state index in [0.717, 1.165) is 38.9 Å². The van der Waals surface area contributed by atoms with Gasteiger partial charge in [0.05, 0.1) is 0 Å². The van der Waals surface area contributed by atoms with Crippen molar-refractivity contribution in [1.29, 1.82) is 0 Å². The van der Waals surface area contributed by atoms with Crippen LogP contribution in [-0.4, -0.2) is 25.2 Å². The highest BCUT2D eigenvalue weighted by Crippen LogP contribution is 2.17. The molecule has 68 valence electrons. The zero-order chi connectivity index (χ0) is 7.45. The van der Waals surface area contributed by atoms with Gasteiger partial charge in [-0.25, -0.2) is 0 Å². The molecule has 0 aliphatic carbocycles. The van der Waals surface area contributed by atoms with Gasteiger partial charge in [-0.2, -0.15) is 0 Å². The summed E-state index contributed by atoms with van der Waals surface area (Å²) in [5, 5.41) is 3.28. The molecule has 1 saturated heterocycles. The Bertz CT molecular complexity index is 96.3. The highest BCUT2D eigenvalue weighted by atomic mass is 35.5. The van der Waals surface area contributed by atoms with E-state index < -0.39 is 0 Å². The molecule has 0 radical (unpaired) electrons. The minimum Gasteiger partial charge on any atom is -0.330 e. The van der Waals surface area contributed by atoms with Gasteiger partial charge in [0, 0.05) is 5.54 Å². The van der Waals surface area contributed by atoms with Gasteiger partial charge in [0.1, 0.15) is 0 Å². The summed E-state index contributed by atoms with van der Waals surface area (Å²) in [4.78, 5) is 0. The third-order valence-corrected chi connectivity index (χ3v) is 2.24. The van der Waals surface area contributed by atoms with E-state index in [9.17, 15) is 0 Å². The number of piperidine rings is 1. The lowest BCUT2D eigenvalue weighted by molar-refractivity contribution is 0.295. The van der Waals surface area contributed by atoms with Crippen molar-refractivity contribution in [3.05, 3.63) is 0 Å². The SMILES string of the molecule is Cl.NCCC1(N)CCNCC1. The standard InChI is InChI=1S/C7H17N3.ClH/c8-4-1-7(9)2-5-10-6-3-7;/h10H,1-6,8-9H2;1H. The first kappa shape index (κ1) is 11.2. The van der Waals surface area contributed by atoms with Crippen LogP contribution in [0.5, 0.6) is 0 Å². The van der Waals surface area contributed by atoms with Gasteiger partial charge in [0.15, 0.2) is 0 Å². The molecule has 0 aromatic carbocycles. The molecule has 0 unspecified atom stereocenters. The molecule has 11 heavy (non-hydrogen) atoms. The van der Waals surface area contributed by atoms with E-state index in [2.05, 4.69) is 5.32 Å². The topological polar surface area (TPSA) is 64.1 Å². The molecule has 0 spiro atoms. The second kappa shape index (κ2) is 4.93. The fourth-order valence-electron chi connectivity index (χ4n) is 1.46. The number of halogens is 1. The highest BCUT2D eigenvalue weighted by Gasteiger charge is 2.25. The van der Waals surface area contributed by atoms with Gasteiger partial charge in [-0.3, -0.25) is 0 Å². The van der Waals surface area contributed by atoms with E-state index in [0.29, 0.717) is 0 Å². The van der Waals surface area contributed by atoms with Crippen LogP contribution < -0.4 is 16.8 Å². The lowest BCUT2D eigenvalue weighted by Gasteiger charge is -2.33. The van der Waals surface area contributed by atoms with Crippen LogP contribution in [0.2, 0.25) is 0 Å². The molecule has 1 aliphatic rings. The maximum atomic E-state index is 6.05. The van der Waals surface area contributed by atoms with Crippen molar-refractivity contribution in [3.8, 4) is 0 Å². The first-order valence-corrected chi connectivity index (χ1v) is 3.96. The maximum Gasteiger partial charge on any atom is 0.0190 e. The Balaban J connectivity index is 0.000001000. The minimum absolute atomic E-state index is 0. The molecule has 0 aromatic heterocycles. The zero-order valence-electron chi connectivity index (χ0n) is 6.81. The number of nitrogens with one attached hydrogen (secondary N) is 1. The average molecular weight is 180 g/mol. The Morgan fingerprint density at radius 1 is 1.27 bits per heavy atom. The number of hydrogen-bond donors (Lipinski definition) is 3. The van der Waals surface area contributed by atoms with Crippen LogP contribution in [0, 0.1) is 0 Å². The number of hydrogen-bond acceptors (Lipinski definition) is 3. The van der Waals surface area contributed by atoms with Crippen molar-refractivity contribution in [2.24, 2.45) is 11.5 Å². The molecule has 0 saturated carbocycles. The zero-order valence-corrected chi connectivity index (χ0v) is 7.62. The summed E-state index contributed by atoms with van der Waals surface area (Å²) in [5.41, 5.74) is 11.5. The van der Waals surface area contributed by atoms with Crippen LogP contribution in [0.1, 0.15) is 19.3 Å². The molecule has 0 atom stereocenters. The molecule has 1 rings (SSSR count). The lowest BCUT2D eigenvalue weighted by Crippen LogP contribution is -2.49. The third kappa shape index (κ3) is 3.38. The van der Waals surface area contributed by atoms with E-state index in [4.69, 9.17) is 11.5 Å². The van der Waals surface area contributed by atoms with Crippen molar-refractivity contribution >= 4 is 12.4 Å². The van der Waals surface area contributed by atoms with Gasteiger partial charge in [-0.1, -0.05) is 0 Å². The molecule has 1 aliphatic heterocycles. The van der Waals surface area contributed by atoms with E-state index in [1.54, 1.807) is 0 Å². The first-order valence-electron chi connectivity index (χ1n) is 3.96. The summed E-state index contributed by atoms with van der Waals surface area (Å²) in [6, 6.07) is 0. The number of nitrogens with two attached hydrogens (primary N) is 2. The van der Waals surface area contributed by atoms with E-state index in [-0.39, 0.29) is 17.9 Å². The van der Waals surface area contributed by atoms with Gasteiger partial charge in [-0.15, -0.1) is 12.4 Å². The van der Waals surface area contributed by atoms with Gasteiger partial charge in [0.25, 0.3) is 0 Å². The molecular formula is C7H18ClN3. The molecule has 0 bridgehead atoms. The Hall–Kier alpha value is 0.170. The molecule has 4 heteroatoms. The largest absolute Gasteiger partial charge is 0.330 e. The van der Waals surface area contributed by atoms with Crippen LogP contribution in [0.4, 0.5) is 0 Å². The summed E-state index contributed by atoms with van der Waals surface area (Å²) in [5.74, 6) is 0. The van der Waals surface area contributed by atoms with Gasteiger partial charge in [0.2, 0.25) is 0 Å². The van der Waals surface area contributed by atoms with E-state index in [1.807, 2.05) is 0 Å². The summed E-state index contributed by atoms with van der Waals surface area (Å²) >= 11 is 0. The summed E-state index contributed by atoms with van der Waals surface area (Å²) in [7, 11) is 0. The van der Waals surface area contributed by atoms with Crippen LogP contribution >= 0.6 is 12.4 Å². The predicted octanol–water partition coefficient (Wildman–Crippen LogP) is -0.162. The van der Waals surface area contributed by atoms with Crippen molar-refractivity contribution in [3.63, 3.8) is 0 Å². The van der Waals surface area contributed by atoms with Crippen molar-refractivity contribution in [2.75, 3.05) is 19.6 Å². The first-order chi connectivity index (χ1) is 4.77. The van der Waals surface area contributed by atoms with Gasteiger partial charge < -0.3 is 16.8 Å². The van der Waals surface area contributed by atoms with Crippen LogP contribution in [-0.2, 0) is 0 Å². The van der Waals surface area contributed by atoms with Crippen molar-refractivity contribution < 1.29 is 0 Å². The second-order valence-corrected chi connectivity index (χ2v) is 3.15. The fraction of sp³-hybridized carbons (Fsp3) is 1.00. The Morgan fingerprint density at radius 3 is 2.27 bits per heavy atom. The molecule has 0 aromatic rings. The molecule has 1 heterocycles. The van der Waals surface area contributed by atoms with Gasteiger partial charge >= 0.3 is 0 Å². The van der Waals surface area contributed by atoms with Crippen molar-refractivity contribution in [2.45, 2.75) is 24.8 Å². The second-order valence-electron chi connectivity index (χ2n) is 3.15. The fourth-order valence-corrected chi connectivity index (χ4v) is 1.46. The summed E-state index contributed by atoms with van der Waals surface area (Å²) in [6.45, 7) is 2.82. The quantitative estimate of drug-likeness (QED) is 0.552. The lowest BCUT2D eigenvalue weighted by atomic mass is 9.86. The highest BCUT2D eigenvalue weighted by molar-refractivity contribution is 5.85. The minimum atomic E-state index is 0. The summed E-state index contributed by atoms with van der Waals surface area (Å²) < 4.78 is 0. The van der Waals surface area contributed by atoms with Gasteiger partial charge in [-0.05, 0) is 38.9 Å². The Labute approximate surface area is 74.3 Å². The Kier molecular flexibility index (Phi) is 5.01. The maximum absolute atomic E-state index is 6.05. The normalized spacial score (nSPS) is 22.4. The van der Waals surface area contributed by atoms with Crippen molar-refractivity contribution in [1.82, 2.24) is 5.32 Å². The smallest absolute Gasteiger partial charge is 0.0190 e. The van der Waals surface area contributed by atoms with Crippen LogP contribution in [0.25, 0.3) is 0 Å². The average Bonchev–Trinajstić information content (AvgIpc) is 1.89. The molecule has 0 amide bonds. The Morgan fingerprint density at radius 2 is 1.82 bits per heavy atom. The third-order valence-electron chi connectivity index (χ3n) is 2.24. The molecular weight excluding hydrogens is 162 g/mol. The molecule has 5 N–H and O–H groups in total. The monoisotopic (exact) mass is 179 g/mol. The van der Waals surface area contributed by atoms with Crippen LogP contribution in [0.3, 0.4) is 0 Å². The molecule has 1 fully saturated rings.